The molecule has 2 heterocycles. The van der Waals surface area contributed by atoms with Crippen molar-refractivity contribution in [3.63, 3.8) is 0 Å². The van der Waals surface area contributed by atoms with Gasteiger partial charge in [0.2, 0.25) is 5.82 Å². The van der Waals surface area contributed by atoms with Gasteiger partial charge in [0.1, 0.15) is 5.75 Å². The van der Waals surface area contributed by atoms with E-state index in [1.807, 2.05) is 18.3 Å². The van der Waals surface area contributed by atoms with Gasteiger partial charge in [-0.2, -0.15) is 4.98 Å². The highest BCUT2D eigenvalue weighted by Crippen LogP contribution is 2.72. The average molecular weight is 496 g/mol. The molecule has 0 spiro atoms. The van der Waals surface area contributed by atoms with Crippen LogP contribution in [-0.4, -0.2) is 43.1 Å². The van der Waals surface area contributed by atoms with Gasteiger partial charge in [-0.3, -0.25) is 0 Å². The topological polar surface area (TPSA) is 69.4 Å². The molecule has 3 aromatic rings. The highest BCUT2D eigenvalue weighted by atomic mass is 32.1. The number of benzene rings is 1. The Morgan fingerprint density at radius 3 is 2.66 bits per heavy atom. The average Bonchev–Trinajstić information content (AvgIpc) is 3.31. The van der Waals surface area contributed by atoms with Crippen LogP contribution in [0.2, 0.25) is 0 Å². The zero-order valence-corrected chi connectivity index (χ0v) is 22.6. The van der Waals surface area contributed by atoms with Crippen molar-refractivity contribution in [1.82, 2.24) is 15.5 Å². The van der Waals surface area contributed by atoms with Crippen LogP contribution in [0.5, 0.6) is 5.75 Å². The molecule has 2 aliphatic carbocycles. The first kappa shape index (κ1) is 24.5. The fourth-order valence-corrected chi connectivity index (χ4v) is 6.98. The van der Waals surface area contributed by atoms with E-state index in [4.69, 9.17) is 19.0 Å². The number of aryl methyl sites for hydroxylation is 3. The number of aromatic nitrogens is 2. The Kier molecular flexibility index (Phi) is 6.77. The maximum absolute atomic E-state index is 6.11. The van der Waals surface area contributed by atoms with E-state index in [0.717, 1.165) is 67.5 Å². The van der Waals surface area contributed by atoms with Gasteiger partial charge in [0, 0.05) is 23.6 Å². The van der Waals surface area contributed by atoms with Crippen molar-refractivity contribution in [2.45, 2.75) is 60.3 Å². The van der Waals surface area contributed by atoms with Gasteiger partial charge >= 0.3 is 0 Å². The molecule has 1 fully saturated rings. The van der Waals surface area contributed by atoms with Crippen molar-refractivity contribution in [3.8, 4) is 27.9 Å². The second-order valence-electron chi connectivity index (χ2n) is 10.5. The summed E-state index contributed by atoms with van der Waals surface area (Å²) in [6.07, 6.45) is 2.08. The molecule has 2 atom stereocenters. The van der Waals surface area contributed by atoms with E-state index in [0.29, 0.717) is 29.7 Å². The van der Waals surface area contributed by atoms with Crippen LogP contribution in [0.25, 0.3) is 22.2 Å². The maximum atomic E-state index is 6.11. The summed E-state index contributed by atoms with van der Waals surface area (Å²) in [5, 5.41) is 7.72. The van der Waals surface area contributed by atoms with Gasteiger partial charge in [0.05, 0.1) is 18.1 Å². The number of nitrogens with zero attached hydrogens (tertiary/aromatic N) is 2. The van der Waals surface area contributed by atoms with Crippen LogP contribution in [0.1, 0.15) is 60.2 Å². The Hall–Kier alpha value is -2.22. The monoisotopic (exact) mass is 495 g/mol. The third kappa shape index (κ3) is 4.54. The molecule has 0 amide bonds. The van der Waals surface area contributed by atoms with Crippen molar-refractivity contribution >= 4 is 11.3 Å². The summed E-state index contributed by atoms with van der Waals surface area (Å²) in [5.74, 6) is 3.71. The number of hydrogen-bond donors (Lipinski definition) is 1. The van der Waals surface area contributed by atoms with Crippen LogP contribution in [0.3, 0.4) is 0 Å². The second-order valence-corrected chi connectivity index (χ2v) is 11.7. The van der Waals surface area contributed by atoms with Crippen LogP contribution in [0, 0.1) is 32.1 Å². The van der Waals surface area contributed by atoms with Gasteiger partial charge in [0.15, 0.2) is 0 Å². The predicted molar refractivity (Wildman–Crippen MR) is 140 cm³/mol. The van der Waals surface area contributed by atoms with Gasteiger partial charge in [-0.1, -0.05) is 19.0 Å². The van der Waals surface area contributed by atoms with E-state index in [2.05, 4.69) is 57.2 Å². The van der Waals surface area contributed by atoms with E-state index in [-0.39, 0.29) is 0 Å². The van der Waals surface area contributed by atoms with Gasteiger partial charge in [-0.15, -0.1) is 11.3 Å². The molecule has 1 N–H and O–H groups in total. The first-order chi connectivity index (χ1) is 16.8. The largest absolute Gasteiger partial charge is 0.493 e. The molecule has 2 aromatic heterocycles. The lowest BCUT2D eigenvalue weighted by molar-refractivity contribution is 0.149. The minimum absolute atomic E-state index is 0.440. The van der Waals surface area contributed by atoms with Gasteiger partial charge in [0.25, 0.3) is 5.89 Å². The van der Waals surface area contributed by atoms with Crippen molar-refractivity contribution < 1.29 is 14.0 Å². The van der Waals surface area contributed by atoms with Crippen molar-refractivity contribution in [1.29, 1.82) is 0 Å². The predicted octanol–water partition coefficient (Wildman–Crippen LogP) is 6.08. The van der Waals surface area contributed by atoms with Gasteiger partial charge in [-0.25, -0.2) is 0 Å². The van der Waals surface area contributed by atoms with Crippen LogP contribution in [0.15, 0.2) is 16.7 Å². The normalized spacial score (nSPS) is 19.6. The van der Waals surface area contributed by atoms with Crippen molar-refractivity contribution in [3.05, 3.63) is 39.3 Å². The van der Waals surface area contributed by atoms with Crippen molar-refractivity contribution in [2.75, 3.05) is 32.9 Å². The lowest BCUT2D eigenvalue weighted by Crippen LogP contribution is -2.22. The Bertz CT molecular complexity index is 1190. The summed E-state index contributed by atoms with van der Waals surface area (Å²) >= 11 is 1.81. The van der Waals surface area contributed by atoms with Crippen LogP contribution < -0.4 is 10.1 Å². The van der Waals surface area contributed by atoms with Crippen LogP contribution >= 0.6 is 11.3 Å². The zero-order chi connectivity index (χ0) is 24.7. The first-order valence-electron chi connectivity index (χ1n) is 12.8. The van der Waals surface area contributed by atoms with E-state index in [9.17, 15) is 0 Å². The molecule has 0 bridgehead atoms. The minimum atomic E-state index is 0.440. The number of rotatable bonds is 11. The summed E-state index contributed by atoms with van der Waals surface area (Å²) in [4.78, 5) is 7.40. The third-order valence-electron chi connectivity index (χ3n) is 7.73. The number of fused-ring (bicyclic) bond motifs is 3. The Labute approximate surface area is 212 Å². The molecule has 6 nitrogen and oxygen atoms in total. The molecular weight excluding hydrogens is 458 g/mol. The molecule has 0 aliphatic heterocycles. The minimum Gasteiger partial charge on any atom is -0.493 e. The highest BCUT2D eigenvalue weighted by molar-refractivity contribution is 7.15. The van der Waals surface area contributed by atoms with E-state index < -0.39 is 0 Å². The summed E-state index contributed by atoms with van der Waals surface area (Å²) in [6, 6.07) is 4.19. The van der Waals surface area contributed by atoms with Gasteiger partial charge < -0.3 is 19.3 Å². The fraction of sp³-hybridized carbons (Fsp3) is 0.571. The summed E-state index contributed by atoms with van der Waals surface area (Å²) in [6.45, 7) is 17.2. The number of nitrogens with one attached hydrogen (secondary N) is 1. The van der Waals surface area contributed by atoms with Gasteiger partial charge in [-0.05, 0) is 98.7 Å². The molecule has 0 unspecified atom stereocenters. The Morgan fingerprint density at radius 1 is 1.14 bits per heavy atom. The number of thiophene rings is 1. The van der Waals surface area contributed by atoms with E-state index >= 15 is 0 Å². The summed E-state index contributed by atoms with van der Waals surface area (Å²) in [5.41, 5.74) is 6.58. The molecule has 35 heavy (non-hydrogen) atoms. The SMILES string of the molecule is CCOCCNCCCOc1c(C)cc(-c2noc(-c3sc(C)c4c3C[C@@H]3[C@H]4C3(C)C)n2)cc1C. The summed E-state index contributed by atoms with van der Waals surface area (Å²) in [7, 11) is 0. The Morgan fingerprint density at radius 2 is 1.91 bits per heavy atom. The fourth-order valence-electron chi connectivity index (χ4n) is 5.83. The molecule has 2 aliphatic rings. The van der Waals surface area contributed by atoms with Crippen LogP contribution in [0.4, 0.5) is 0 Å². The standard InChI is InChI=1S/C28H37N3O3S/c1-7-32-12-10-29-9-8-11-33-24-16(2)13-19(14-17(24)3)26-30-27(34-31-26)25-20-15-21-23(28(21,5)6)22(20)18(4)35-25/h13-14,21,23,29H,7-12,15H2,1-6H3/t21-,23-/m1/s1. The molecule has 1 saturated carbocycles. The molecular formula is C28H37N3O3S. The van der Waals surface area contributed by atoms with E-state index in [1.165, 1.54) is 15.3 Å². The molecule has 188 valence electrons. The molecule has 7 heteroatoms. The lowest BCUT2D eigenvalue weighted by Gasteiger charge is -2.13. The molecule has 0 saturated heterocycles. The molecule has 5 rings (SSSR count). The Balaban J connectivity index is 1.24. The third-order valence-corrected chi connectivity index (χ3v) is 8.88. The quantitative estimate of drug-likeness (QED) is 0.325. The highest BCUT2D eigenvalue weighted by Gasteiger charge is 2.63. The van der Waals surface area contributed by atoms with E-state index in [1.54, 1.807) is 5.56 Å². The zero-order valence-electron chi connectivity index (χ0n) is 21.8. The van der Waals surface area contributed by atoms with Crippen molar-refractivity contribution in [2.24, 2.45) is 11.3 Å². The smallest absolute Gasteiger partial charge is 0.268 e. The lowest BCUT2D eigenvalue weighted by atomic mass is 9.95. The second kappa shape index (κ2) is 9.68. The number of hydrogen-bond acceptors (Lipinski definition) is 7. The summed E-state index contributed by atoms with van der Waals surface area (Å²) < 4.78 is 17.2. The number of ether oxygens (including phenoxy) is 2. The first-order valence-corrected chi connectivity index (χ1v) is 13.6. The molecule has 0 radical (unpaired) electrons. The van der Waals surface area contributed by atoms with Crippen LogP contribution in [-0.2, 0) is 11.2 Å². The molecule has 1 aromatic carbocycles. The maximum Gasteiger partial charge on any atom is 0.268 e.